The topological polar surface area (TPSA) is 112 Å². The summed E-state index contributed by atoms with van der Waals surface area (Å²) in [5, 5.41) is 21.0. The number of halogens is 5. The van der Waals surface area contributed by atoms with Gasteiger partial charge in [-0.3, -0.25) is 4.90 Å². The number of rotatable bonds is 5. The van der Waals surface area contributed by atoms with Crippen molar-refractivity contribution in [3.63, 3.8) is 0 Å². The van der Waals surface area contributed by atoms with Crippen LogP contribution in [0.5, 0.6) is 5.75 Å². The largest absolute Gasteiger partial charge is 0.573 e. The number of hydrogen-bond acceptors (Lipinski definition) is 8. The van der Waals surface area contributed by atoms with Gasteiger partial charge < -0.3 is 24.3 Å². The molecular formula is C20H17F5N4O5S. The summed E-state index contributed by atoms with van der Waals surface area (Å²) in [7, 11) is 0. The standard InChI is InChI=1S/C20H17F5N4O5S/c21-17(22)14(30)11-3-10(12-6-35-7-26-12)15-13(16(11)34-20(23,24)25)27-18(33-15)28-4-8-1-2-9(5-28)29(8)19(31)32/h3,6-9,14,17,30H,1-2,4-5H2,(H,31,32). The summed E-state index contributed by atoms with van der Waals surface area (Å²) < 4.78 is 76.4. The van der Waals surface area contributed by atoms with Gasteiger partial charge in [-0.1, -0.05) is 0 Å². The lowest BCUT2D eigenvalue weighted by Gasteiger charge is -2.38. The molecule has 2 fully saturated rings. The molecule has 15 heteroatoms. The number of alkyl halides is 5. The Morgan fingerprint density at radius 3 is 2.49 bits per heavy atom. The SMILES string of the molecule is O=C(O)N1C2CCC1CN(c1nc3c(OC(F)(F)F)c(C(O)C(F)F)cc(-c4cscn4)c3o1)C2. The van der Waals surface area contributed by atoms with Gasteiger partial charge in [0.25, 0.3) is 12.4 Å². The van der Waals surface area contributed by atoms with Crippen LogP contribution in [0, 0.1) is 0 Å². The number of aromatic nitrogens is 2. The Labute approximate surface area is 197 Å². The molecule has 188 valence electrons. The molecule has 2 aliphatic heterocycles. The molecule has 35 heavy (non-hydrogen) atoms. The highest BCUT2D eigenvalue weighted by molar-refractivity contribution is 7.07. The molecule has 3 atom stereocenters. The molecule has 2 aromatic heterocycles. The quantitative estimate of drug-likeness (QED) is 0.474. The minimum absolute atomic E-state index is 0.0522. The molecule has 5 rings (SSSR count). The van der Waals surface area contributed by atoms with Gasteiger partial charge in [-0.25, -0.2) is 18.6 Å². The van der Waals surface area contributed by atoms with Crippen molar-refractivity contribution in [1.82, 2.24) is 14.9 Å². The van der Waals surface area contributed by atoms with Crippen LogP contribution < -0.4 is 9.64 Å². The second kappa shape index (κ2) is 8.48. The number of fused-ring (bicyclic) bond motifs is 3. The Kier molecular flexibility index (Phi) is 5.70. The van der Waals surface area contributed by atoms with E-state index in [1.165, 1.54) is 15.8 Å². The molecule has 2 N–H and O–H groups in total. The normalized spacial score (nSPS) is 21.2. The smallest absolute Gasteiger partial charge is 0.465 e. The fourth-order valence-electron chi connectivity index (χ4n) is 4.69. The molecule has 9 nitrogen and oxygen atoms in total. The molecule has 2 aliphatic rings. The van der Waals surface area contributed by atoms with Crippen LogP contribution in [0.1, 0.15) is 24.5 Å². The monoisotopic (exact) mass is 520 g/mol. The van der Waals surface area contributed by atoms with Crippen molar-refractivity contribution in [2.75, 3.05) is 18.0 Å². The highest BCUT2D eigenvalue weighted by Crippen LogP contribution is 2.45. The van der Waals surface area contributed by atoms with E-state index in [9.17, 15) is 37.0 Å². The number of aliphatic hydroxyl groups excluding tert-OH is 1. The van der Waals surface area contributed by atoms with E-state index in [0.717, 1.165) is 17.4 Å². The first-order valence-corrected chi connectivity index (χ1v) is 11.3. The zero-order valence-electron chi connectivity index (χ0n) is 17.6. The average Bonchev–Trinajstić information content (AvgIpc) is 3.51. The summed E-state index contributed by atoms with van der Waals surface area (Å²) in [4.78, 5) is 22.7. The second-order valence-corrected chi connectivity index (χ2v) is 8.92. The van der Waals surface area contributed by atoms with Crippen LogP contribution in [0.4, 0.5) is 32.8 Å². The minimum Gasteiger partial charge on any atom is -0.465 e. The van der Waals surface area contributed by atoms with E-state index in [-0.39, 0.29) is 48.0 Å². The van der Waals surface area contributed by atoms with Crippen molar-refractivity contribution >= 4 is 34.5 Å². The molecule has 0 saturated carbocycles. The Morgan fingerprint density at radius 1 is 1.26 bits per heavy atom. The number of aliphatic hydroxyl groups is 1. The van der Waals surface area contributed by atoms with Gasteiger partial charge in [0, 0.05) is 29.6 Å². The Balaban J connectivity index is 1.67. The zero-order valence-corrected chi connectivity index (χ0v) is 18.4. The van der Waals surface area contributed by atoms with Crippen LogP contribution in [0.25, 0.3) is 22.4 Å². The molecule has 2 saturated heterocycles. The summed E-state index contributed by atoms with van der Waals surface area (Å²) in [6.45, 7) is 0.368. The van der Waals surface area contributed by atoms with Crippen molar-refractivity contribution in [1.29, 1.82) is 0 Å². The predicted molar refractivity (Wildman–Crippen MR) is 112 cm³/mol. The van der Waals surface area contributed by atoms with Crippen molar-refractivity contribution in [3.8, 4) is 17.0 Å². The fraction of sp³-hybridized carbons (Fsp3) is 0.450. The third kappa shape index (κ3) is 4.22. The molecule has 3 aromatic rings. The van der Waals surface area contributed by atoms with Crippen LogP contribution in [0.3, 0.4) is 0 Å². The number of thiazole rings is 1. The maximum absolute atomic E-state index is 13.4. The van der Waals surface area contributed by atoms with Gasteiger partial charge in [-0.05, 0) is 18.9 Å². The molecule has 2 bridgehead atoms. The number of carbonyl (C=O) groups is 1. The Morgan fingerprint density at radius 2 is 1.94 bits per heavy atom. The number of nitrogens with zero attached hydrogens (tertiary/aromatic N) is 4. The molecule has 1 aromatic carbocycles. The van der Waals surface area contributed by atoms with Crippen molar-refractivity contribution in [2.45, 2.75) is 43.8 Å². The third-order valence-electron chi connectivity index (χ3n) is 6.09. The molecule has 0 radical (unpaired) electrons. The van der Waals surface area contributed by atoms with Gasteiger partial charge in [-0.15, -0.1) is 24.5 Å². The van der Waals surface area contributed by atoms with Gasteiger partial charge in [0.2, 0.25) is 0 Å². The third-order valence-corrected chi connectivity index (χ3v) is 6.68. The summed E-state index contributed by atoms with van der Waals surface area (Å²) in [6, 6.07) is 0.0907. The molecule has 1 amide bonds. The van der Waals surface area contributed by atoms with E-state index < -0.39 is 41.8 Å². The van der Waals surface area contributed by atoms with E-state index in [1.807, 2.05) is 0 Å². The summed E-state index contributed by atoms with van der Waals surface area (Å²) in [6.07, 6.45) is -11.1. The number of hydrogen-bond donors (Lipinski definition) is 2. The van der Waals surface area contributed by atoms with Crippen molar-refractivity contribution in [2.24, 2.45) is 0 Å². The number of ether oxygens (including phenoxy) is 1. The number of amides is 1. The molecule has 0 aliphatic carbocycles. The molecule has 4 heterocycles. The summed E-state index contributed by atoms with van der Waals surface area (Å²) >= 11 is 1.16. The number of anilines is 1. The highest BCUT2D eigenvalue weighted by Gasteiger charge is 2.44. The predicted octanol–water partition coefficient (Wildman–Crippen LogP) is 4.48. The van der Waals surface area contributed by atoms with E-state index in [1.54, 1.807) is 4.90 Å². The maximum atomic E-state index is 13.4. The Bertz CT molecular complexity index is 1240. The minimum atomic E-state index is -5.27. The fourth-order valence-corrected chi connectivity index (χ4v) is 5.24. The van der Waals surface area contributed by atoms with Crippen LogP contribution in [-0.4, -0.2) is 69.1 Å². The average molecular weight is 520 g/mol. The van der Waals surface area contributed by atoms with Gasteiger partial charge in [-0.2, -0.15) is 4.98 Å². The number of piperazine rings is 1. The second-order valence-electron chi connectivity index (χ2n) is 8.20. The van der Waals surface area contributed by atoms with Gasteiger partial charge >= 0.3 is 12.5 Å². The van der Waals surface area contributed by atoms with E-state index in [2.05, 4.69) is 14.7 Å². The number of oxazole rings is 1. The summed E-state index contributed by atoms with van der Waals surface area (Å²) in [5.41, 5.74) is 0.193. The van der Waals surface area contributed by atoms with Crippen molar-refractivity contribution in [3.05, 3.63) is 22.5 Å². The van der Waals surface area contributed by atoms with E-state index in [4.69, 9.17) is 4.42 Å². The van der Waals surface area contributed by atoms with E-state index in [0.29, 0.717) is 12.8 Å². The van der Waals surface area contributed by atoms with Crippen LogP contribution >= 0.6 is 11.3 Å². The van der Waals surface area contributed by atoms with Gasteiger partial charge in [0.1, 0.15) is 6.10 Å². The first-order valence-electron chi connectivity index (χ1n) is 10.4. The van der Waals surface area contributed by atoms with Gasteiger partial charge in [0.15, 0.2) is 16.8 Å². The van der Waals surface area contributed by atoms with Crippen LogP contribution in [0.2, 0.25) is 0 Å². The number of carboxylic acid groups (broad SMARTS) is 1. The van der Waals surface area contributed by atoms with Crippen LogP contribution in [0.15, 0.2) is 21.4 Å². The lowest BCUT2D eigenvalue weighted by Crippen LogP contribution is -2.55. The van der Waals surface area contributed by atoms with Gasteiger partial charge in [0.05, 0.1) is 23.3 Å². The lowest BCUT2D eigenvalue weighted by molar-refractivity contribution is -0.274. The first-order chi connectivity index (χ1) is 16.5. The Hall–Kier alpha value is -3.20. The van der Waals surface area contributed by atoms with E-state index >= 15 is 0 Å². The number of benzene rings is 1. The van der Waals surface area contributed by atoms with Crippen LogP contribution in [-0.2, 0) is 0 Å². The maximum Gasteiger partial charge on any atom is 0.573 e. The zero-order chi connectivity index (χ0) is 25.1. The van der Waals surface area contributed by atoms with Crippen molar-refractivity contribution < 1.29 is 46.1 Å². The first kappa shape index (κ1) is 23.5. The molecular weight excluding hydrogens is 503 g/mol. The lowest BCUT2D eigenvalue weighted by atomic mass is 10.0. The molecule has 3 unspecified atom stereocenters. The highest BCUT2D eigenvalue weighted by atomic mass is 32.1. The summed E-state index contributed by atoms with van der Waals surface area (Å²) in [5.74, 6) is -1.10. The molecule has 0 spiro atoms.